The van der Waals surface area contributed by atoms with Gasteiger partial charge in [-0.05, 0) is 25.7 Å². The topological polar surface area (TPSA) is 74.6 Å². The second kappa shape index (κ2) is 24.0. The third-order valence-corrected chi connectivity index (χ3v) is 6.23. The third kappa shape index (κ3) is 37.2. The Kier molecular flexibility index (Phi) is 25.5. The van der Waals surface area contributed by atoms with Crippen molar-refractivity contribution in [3.8, 4) is 0 Å². The highest BCUT2D eigenvalue weighted by Gasteiger charge is 2.13. The Morgan fingerprint density at radius 3 is 0.875 bits per heavy atom. The highest BCUT2D eigenvalue weighted by Crippen LogP contribution is 2.14. The number of hydrogen-bond donors (Lipinski definition) is 2. The predicted octanol–water partition coefficient (Wildman–Crippen LogP) is 8.25. The molecule has 0 aromatic heterocycles. The summed E-state index contributed by atoms with van der Waals surface area (Å²) in [5, 5.41) is 0. The van der Waals surface area contributed by atoms with Crippen molar-refractivity contribution in [3.05, 3.63) is 0 Å². The lowest BCUT2D eigenvalue weighted by molar-refractivity contribution is -0.890. The van der Waals surface area contributed by atoms with Crippen LogP contribution in [0.2, 0.25) is 0 Å². The largest absolute Gasteiger partial charge is 0.394 e. The minimum atomic E-state index is -4.67. The average molecular weight is 481 g/mol. The predicted molar refractivity (Wildman–Crippen MR) is 140 cm³/mol. The summed E-state index contributed by atoms with van der Waals surface area (Å²) >= 11 is 0. The summed E-state index contributed by atoms with van der Waals surface area (Å²) in [6.07, 6.45) is 29.0. The maximum Gasteiger partial charge on any atom is 0.394 e. The Morgan fingerprint density at radius 2 is 0.656 bits per heavy atom. The van der Waals surface area contributed by atoms with Gasteiger partial charge in [0.2, 0.25) is 0 Å². The van der Waals surface area contributed by atoms with Crippen LogP contribution in [0.25, 0.3) is 0 Å². The molecule has 0 rings (SSSR count). The summed E-state index contributed by atoms with van der Waals surface area (Å²) < 4.78 is 32.8. The van der Waals surface area contributed by atoms with Gasteiger partial charge in [-0.25, -0.2) is 0 Å². The Hall–Kier alpha value is -0.170. The lowest BCUT2D eigenvalue weighted by Gasteiger charge is -2.30. The fourth-order valence-electron chi connectivity index (χ4n) is 4.17. The number of nitrogens with zero attached hydrogens (tertiary/aromatic N) is 1. The van der Waals surface area contributed by atoms with E-state index in [4.69, 9.17) is 17.5 Å². The van der Waals surface area contributed by atoms with Gasteiger partial charge in [-0.2, -0.15) is 8.42 Å². The molecule has 0 aromatic rings. The van der Waals surface area contributed by atoms with E-state index in [0.717, 1.165) is 0 Å². The first-order valence-electron chi connectivity index (χ1n) is 13.6. The summed E-state index contributed by atoms with van der Waals surface area (Å²) in [5.74, 6) is 0. The Morgan fingerprint density at radius 1 is 0.469 bits per heavy atom. The maximum atomic E-state index is 8.74. The molecule has 6 heteroatoms. The standard InChI is InChI=1S/C26H56N.H2O4S/c1-5-7-9-11-13-15-17-19-21-23-25-27(3,4)26-24-22-20-18-16-14-12-10-8-6-2;1-5(2,3)4/h5-26H2,1-4H3;(H2,1,2,3,4)/q+1;. The first-order chi connectivity index (χ1) is 15.1. The van der Waals surface area contributed by atoms with Crippen molar-refractivity contribution < 1.29 is 22.0 Å². The molecule has 0 radical (unpaired) electrons. The van der Waals surface area contributed by atoms with Crippen molar-refractivity contribution in [2.45, 2.75) is 142 Å². The van der Waals surface area contributed by atoms with Crippen LogP contribution in [-0.2, 0) is 10.4 Å². The molecular formula is C26H58NO4S+. The molecule has 0 saturated heterocycles. The van der Waals surface area contributed by atoms with E-state index in [1.54, 1.807) is 0 Å². The third-order valence-electron chi connectivity index (χ3n) is 6.23. The van der Waals surface area contributed by atoms with Gasteiger partial charge in [-0.1, -0.05) is 117 Å². The van der Waals surface area contributed by atoms with E-state index in [2.05, 4.69) is 27.9 Å². The number of quaternary nitrogens is 1. The van der Waals surface area contributed by atoms with Gasteiger partial charge in [-0.3, -0.25) is 9.11 Å². The van der Waals surface area contributed by atoms with Gasteiger partial charge in [0.15, 0.2) is 0 Å². The fourth-order valence-corrected chi connectivity index (χ4v) is 4.17. The van der Waals surface area contributed by atoms with Crippen LogP contribution in [-0.4, -0.2) is 49.2 Å². The average Bonchev–Trinajstić information content (AvgIpc) is 2.69. The van der Waals surface area contributed by atoms with Crippen LogP contribution in [0.4, 0.5) is 0 Å². The van der Waals surface area contributed by atoms with Crippen LogP contribution in [0.5, 0.6) is 0 Å². The van der Waals surface area contributed by atoms with Crippen LogP contribution < -0.4 is 0 Å². The zero-order valence-electron chi connectivity index (χ0n) is 22.1. The van der Waals surface area contributed by atoms with E-state index in [1.165, 1.54) is 146 Å². The van der Waals surface area contributed by atoms with E-state index in [1.807, 2.05) is 0 Å². The maximum absolute atomic E-state index is 8.74. The summed E-state index contributed by atoms with van der Waals surface area (Å²) in [5.41, 5.74) is 0. The molecule has 0 aromatic carbocycles. The molecule has 0 bridgehead atoms. The lowest BCUT2D eigenvalue weighted by atomic mass is 10.1. The Balaban J connectivity index is 0. The van der Waals surface area contributed by atoms with Gasteiger partial charge in [0.1, 0.15) is 0 Å². The van der Waals surface area contributed by atoms with E-state index < -0.39 is 10.4 Å². The van der Waals surface area contributed by atoms with Crippen LogP contribution in [0.15, 0.2) is 0 Å². The second-order valence-electron chi connectivity index (χ2n) is 10.2. The SMILES string of the molecule is CCCCCCCCCCCC[N+](C)(C)CCCCCCCCCCCC.O=S(=O)(O)O. The monoisotopic (exact) mass is 480 g/mol. The molecule has 0 atom stereocenters. The molecule has 0 saturated carbocycles. The van der Waals surface area contributed by atoms with Gasteiger partial charge in [0.25, 0.3) is 0 Å². The molecule has 0 amide bonds. The molecule has 196 valence electrons. The van der Waals surface area contributed by atoms with Crippen molar-refractivity contribution in [2.24, 2.45) is 0 Å². The second-order valence-corrected chi connectivity index (χ2v) is 11.1. The van der Waals surface area contributed by atoms with Crippen LogP contribution in [0.3, 0.4) is 0 Å². The van der Waals surface area contributed by atoms with E-state index in [0.29, 0.717) is 0 Å². The van der Waals surface area contributed by atoms with Gasteiger partial charge in [0, 0.05) is 0 Å². The lowest BCUT2D eigenvalue weighted by Crippen LogP contribution is -2.41. The van der Waals surface area contributed by atoms with Crippen molar-refractivity contribution in [3.63, 3.8) is 0 Å². The molecule has 2 N–H and O–H groups in total. The molecule has 0 spiro atoms. The van der Waals surface area contributed by atoms with Crippen molar-refractivity contribution in [1.82, 2.24) is 0 Å². The van der Waals surface area contributed by atoms with Crippen molar-refractivity contribution in [2.75, 3.05) is 27.2 Å². The van der Waals surface area contributed by atoms with Crippen LogP contribution >= 0.6 is 0 Å². The van der Waals surface area contributed by atoms with Crippen molar-refractivity contribution >= 4 is 10.4 Å². The van der Waals surface area contributed by atoms with E-state index in [9.17, 15) is 0 Å². The van der Waals surface area contributed by atoms with Crippen LogP contribution in [0.1, 0.15) is 142 Å². The Labute approximate surface area is 201 Å². The van der Waals surface area contributed by atoms with Gasteiger partial charge >= 0.3 is 10.4 Å². The minimum Gasteiger partial charge on any atom is -0.328 e. The van der Waals surface area contributed by atoms with Crippen molar-refractivity contribution in [1.29, 1.82) is 0 Å². The molecule has 0 aliphatic carbocycles. The molecule has 0 heterocycles. The summed E-state index contributed by atoms with van der Waals surface area (Å²) in [6, 6.07) is 0. The molecular weight excluding hydrogens is 422 g/mol. The van der Waals surface area contributed by atoms with Gasteiger partial charge < -0.3 is 4.48 Å². The molecule has 0 unspecified atom stereocenters. The fraction of sp³-hybridized carbons (Fsp3) is 1.00. The van der Waals surface area contributed by atoms with E-state index >= 15 is 0 Å². The number of unbranched alkanes of at least 4 members (excludes halogenated alkanes) is 18. The zero-order valence-corrected chi connectivity index (χ0v) is 22.9. The first-order valence-corrected chi connectivity index (χ1v) is 15.0. The quantitative estimate of drug-likeness (QED) is 0.0929. The van der Waals surface area contributed by atoms with E-state index in [-0.39, 0.29) is 0 Å². The molecule has 0 fully saturated rings. The zero-order chi connectivity index (χ0) is 24.6. The minimum absolute atomic E-state index is 1.24. The molecule has 0 aliphatic heterocycles. The summed E-state index contributed by atoms with van der Waals surface area (Å²) in [7, 11) is 0.225. The molecule has 0 aliphatic rings. The summed E-state index contributed by atoms with van der Waals surface area (Å²) in [6.45, 7) is 7.37. The Bertz CT molecular complexity index is 432. The highest BCUT2D eigenvalue weighted by molar-refractivity contribution is 7.79. The van der Waals surface area contributed by atoms with Crippen LogP contribution in [0, 0.1) is 0 Å². The normalized spacial score (nSPS) is 11.9. The number of hydrogen-bond acceptors (Lipinski definition) is 2. The summed E-state index contributed by atoms with van der Waals surface area (Å²) in [4.78, 5) is 0. The van der Waals surface area contributed by atoms with Gasteiger partial charge in [-0.15, -0.1) is 0 Å². The molecule has 32 heavy (non-hydrogen) atoms. The first kappa shape index (κ1) is 34.0. The molecule has 5 nitrogen and oxygen atoms in total. The smallest absolute Gasteiger partial charge is 0.328 e. The number of rotatable bonds is 22. The van der Waals surface area contributed by atoms with Gasteiger partial charge in [0.05, 0.1) is 27.2 Å². The highest BCUT2D eigenvalue weighted by atomic mass is 32.3.